The summed E-state index contributed by atoms with van der Waals surface area (Å²) >= 11 is 0. The molecule has 1 aromatic heterocycles. The summed E-state index contributed by atoms with van der Waals surface area (Å²) in [5, 5.41) is 2.24. The van der Waals surface area contributed by atoms with E-state index in [0.29, 0.717) is 32.7 Å². The monoisotopic (exact) mass is 326 g/mol. The van der Waals surface area contributed by atoms with Crippen LogP contribution in [0.4, 0.5) is 0 Å². The number of carbonyl (C=O) groups is 1. The van der Waals surface area contributed by atoms with E-state index >= 15 is 0 Å². The summed E-state index contributed by atoms with van der Waals surface area (Å²) in [6.45, 7) is 4.73. The number of aromatic nitrogens is 1. The topological polar surface area (TPSA) is 51.7 Å². The third-order valence-electron chi connectivity index (χ3n) is 5.09. The van der Waals surface area contributed by atoms with Crippen molar-refractivity contribution in [3.63, 3.8) is 0 Å². The van der Waals surface area contributed by atoms with Gasteiger partial charge in [0.15, 0.2) is 5.79 Å². The van der Waals surface area contributed by atoms with E-state index in [1.807, 2.05) is 36.2 Å². The molecule has 2 aliphatic heterocycles. The zero-order chi connectivity index (χ0) is 16.6. The third-order valence-corrected chi connectivity index (χ3v) is 5.09. The van der Waals surface area contributed by atoms with E-state index in [1.165, 1.54) is 5.39 Å². The van der Waals surface area contributed by atoms with Crippen molar-refractivity contribution in [1.82, 2.24) is 9.88 Å². The number of ether oxygens (including phenoxy) is 2. The predicted molar refractivity (Wildman–Crippen MR) is 90.6 cm³/mol. The molecule has 3 heterocycles. The molecule has 5 nitrogen and oxygen atoms in total. The molecular formula is C19H22N2O3. The standard InChI is InChI=1S/C19H22N2O3/c1-14-13-20-17(16-5-3-2-4-15(14)16)12-18(22)21-8-6-19(7-9-21)23-10-11-24-19/h2-5,13H,6-12H2,1H3. The predicted octanol–water partition coefficient (Wildman–Crippen LogP) is 2.45. The summed E-state index contributed by atoms with van der Waals surface area (Å²) in [6, 6.07) is 8.15. The number of rotatable bonds is 2. The molecule has 2 saturated heterocycles. The summed E-state index contributed by atoms with van der Waals surface area (Å²) in [5.74, 6) is -0.310. The van der Waals surface area contributed by atoms with Crippen LogP contribution in [0.3, 0.4) is 0 Å². The zero-order valence-electron chi connectivity index (χ0n) is 14.0. The van der Waals surface area contributed by atoms with E-state index in [0.717, 1.165) is 29.5 Å². The molecule has 126 valence electrons. The van der Waals surface area contributed by atoms with Crippen LogP contribution in [-0.4, -0.2) is 47.9 Å². The van der Waals surface area contributed by atoms with Crippen LogP contribution in [0.15, 0.2) is 30.5 Å². The Hall–Kier alpha value is -1.98. The Balaban J connectivity index is 1.48. The first-order valence-corrected chi connectivity index (χ1v) is 8.56. The van der Waals surface area contributed by atoms with Gasteiger partial charge in [0.05, 0.1) is 25.3 Å². The van der Waals surface area contributed by atoms with Gasteiger partial charge >= 0.3 is 0 Å². The second-order valence-corrected chi connectivity index (χ2v) is 6.60. The molecule has 2 fully saturated rings. The molecule has 0 radical (unpaired) electrons. The highest BCUT2D eigenvalue weighted by atomic mass is 16.7. The van der Waals surface area contributed by atoms with E-state index in [-0.39, 0.29) is 5.91 Å². The number of hydrogen-bond donors (Lipinski definition) is 0. The van der Waals surface area contributed by atoms with Gasteiger partial charge in [0.2, 0.25) is 5.91 Å². The normalized spacial score (nSPS) is 20.0. The van der Waals surface area contributed by atoms with Gasteiger partial charge in [-0.1, -0.05) is 24.3 Å². The van der Waals surface area contributed by atoms with E-state index in [9.17, 15) is 4.79 Å². The molecule has 0 aliphatic carbocycles. The number of benzene rings is 1. The van der Waals surface area contributed by atoms with Crippen LogP contribution in [0.25, 0.3) is 10.8 Å². The van der Waals surface area contributed by atoms with Crippen molar-refractivity contribution in [2.45, 2.75) is 32.0 Å². The SMILES string of the molecule is Cc1cnc(CC(=O)N2CCC3(CC2)OCCO3)c2ccccc12. The second kappa shape index (κ2) is 6.15. The first kappa shape index (κ1) is 15.5. The first-order valence-electron chi connectivity index (χ1n) is 8.56. The second-order valence-electron chi connectivity index (χ2n) is 6.60. The van der Waals surface area contributed by atoms with Gasteiger partial charge in [-0.3, -0.25) is 9.78 Å². The van der Waals surface area contributed by atoms with Gasteiger partial charge < -0.3 is 14.4 Å². The quantitative estimate of drug-likeness (QED) is 0.851. The first-order chi connectivity index (χ1) is 11.7. The molecule has 1 amide bonds. The van der Waals surface area contributed by atoms with Crippen molar-refractivity contribution in [3.8, 4) is 0 Å². The van der Waals surface area contributed by atoms with Gasteiger partial charge in [0, 0.05) is 37.5 Å². The number of hydrogen-bond acceptors (Lipinski definition) is 4. The lowest BCUT2D eigenvalue weighted by Gasteiger charge is -2.37. The highest BCUT2D eigenvalue weighted by Gasteiger charge is 2.40. The lowest BCUT2D eigenvalue weighted by atomic mass is 10.0. The Morgan fingerprint density at radius 2 is 1.83 bits per heavy atom. The highest BCUT2D eigenvalue weighted by molar-refractivity contribution is 5.90. The average molecular weight is 326 g/mol. The van der Waals surface area contributed by atoms with Gasteiger partial charge in [0.25, 0.3) is 0 Å². The van der Waals surface area contributed by atoms with Gasteiger partial charge in [-0.25, -0.2) is 0 Å². The van der Waals surface area contributed by atoms with Gasteiger partial charge in [-0.15, -0.1) is 0 Å². The number of nitrogens with zero attached hydrogens (tertiary/aromatic N) is 2. The van der Waals surface area contributed by atoms with Gasteiger partial charge in [-0.2, -0.15) is 0 Å². The maximum absolute atomic E-state index is 12.7. The Labute approximate surface area is 141 Å². The fraction of sp³-hybridized carbons (Fsp3) is 0.474. The fourth-order valence-electron chi connectivity index (χ4n) is 3.67. The maximum atomic E-state index is 12.7. The van der Waals surface area contributed by atoms with E-state index in [1.54, 1.807) is 0 Å². The summed E-state index contributed by atoms with van der Waals surface area (Å²) in [6.07, 6.45) is 3.70. The summed E-state index contributed by atoms with van der Waals surface area (Å²) in [4.78, 5) is 19.1. The molecule has 0 saturated carbocycles. The summed E-state index contributed by atoms with van der Waals surface area (Å²) < 4.78 is 11.5. The van der Waals surface area contributed by atoms with Crippen LogP contribution < -0.4 is 0 Å². The van der Waals surface area contributed by atoms with Crippen LogP contribution in [0.1, 0.15) is 24.1 Å². The number of aryl methyl sites for hydroxylation is 1. The minimum Gasteiger partial charge on any atom is -0.347 e. The number of amides is 1. The smallest absolute Gasteiger partial charge is 0.228 e. The Morgan fingerprint density at radius 3 is 2.54 bits per heavy atom. The van der Waals surface area contributed by atoms with Crippen molar-refractivity contribution in [2.24, 2.45) is 0 Å². The Bertz CT molecular complexity index is 758. The van der Waals surface area contributed by atoms with Gasteiger partial charge in [0.1, 0.15) is 0 Å². The summed E-state index contributed by atoms with van der Waals surface area (Å²) in [7, 11) is 0. The molecule has 1 spiro atoms. The molecule has 0 N–H and O–H groups in total. The Kier molecular flexibility index (Phi) is 3.98. The minimum atomic E-state index is -0.439. The number of pyridine rings is 1. The molecule has 0 unspecified atom stereocenters. The molecule has 2 aliphatic rings. The molecule has 24 heavy (non-hydrogen) atoms. The van der Waals surface area contributed by atoms with E-state index in [4.69, 9.17) is 9.47 Å². The van der Waals surface area contributed by atoms with Crippen molar-refractivity contribution in [2.75, 3.05) is 26.3 Å². The average Bonchev–Trinajstić information content (AvgIpc) is 3.06. The molecule has 5 heteroatoms. The van der Waals surface area contributed by atoms with Crippen LogP contribution in [0.2, 0.25) is 0 Å². The molecular weight excluding hydrogens is 304 g/mol. The number of piperidine rings is 1. The zero-order valence-corrected chi connectivity index (χ0v) is 14.0. The van der Waals surface area contributed by atoms with Crippen molar-refractivity contribution in [3.05, 3.63) is 41.7 Å². The van der Waals surface area contributed by atoms with E-state index in [2.05, 4.69) is 11.1 Å². The Morgan fingerprint density at radius 1 is 1.17 bits per heavy atom. The molecule has 4 rings (SSSR count). The van der Waals surface area contributed by atoms with Crippen molar-refractivity contribution in [1.29, 1.82) is 0 Å². The lowest BCUT2D eigenvalue weighted by molar-refractivity contribution is -0.187. The minimum absolute atomic E-state index is 0.129. The van der Waals surface area contributed by atoms with Gasteiger partial charge in [-0.05, 0) is 17.9 Å². The van der Waals surface area contributed by atoms with Crippen molar-refractivity contribution >= 4 is 16.7 Å². The van der Waals surface area contributed by atoms with Crippen molar-refractivity contribution < 1.29 is 14.3 Å². The van der Waals surface area contributed by atoms with Crippen LogP contribution >= 0.6 is 0 Å². The van der Waals surface area contributed by atoms with E-state index < -0.39 is 5.79 Å². The molecule has 0 atom stereocenters. The maximum Gasteiger partial charge on any atom is 0.228 e. The molecule has 2 aromatic rings. The number of likely N-dealkylation sites (tertiary alicyclic amines) is 1. The number of carbonyl (C=O) groups excluding carboxylic acids is 1. The van der Waals surface area contributed by atoms with Crippen LogP contribution in [0, 0.1) is 6.92 Å². The van der Waals surface area contributed by atoms with Crippen LogP contribution in [0.5, 0.6) is 0 Å². The molecule has 1 aromatic carbocycles. The number of fused-ring (bicyclic) bond motifs is 1. The summed E-state index contributed by atoms with van der Waals surface area (Å²) in [5.41, 5.74) is 1.99. The fourth-order valence-corrected chi connectivity index (χ4v) is 3.67. The molecule has 0 bridgehead atoms. The van der Waals surface area contributed by atoms with Crippen LogP contribution in [-0.2, 0) is 20.7 Å². The lowest BCUT2D eigenvalue weighted by Crippen LogP contribution is -2.47. The third kappa shape index (κ3) is 2.78. The highest BCUT2D eigenvalue weighted by Crippen LogP contribution is 2.31. The largest absolute Gasteiger partial charge is 0.347 e.